The third-order valence-electron chi connectivity index (χ3n) is 2.99. The van der Waals surface area contributed by atoms with Crippen LogP contribution in [0.3, 0.4) is 0 Å². The van der Waals surface area contributed by atoms with Crippen molar-refractivity contribution in [3.05, 3.63) is 16.1 Å². The molecule has 0 N–H and O–H groups in total. The second-order valence-electron chi connectivity index (χ2n) is 4.83. The van der Waals surface area contributed by atoms with Gasteiger partial charge in [0.2, 0.25) is 0 Å². The maximum absolute atomic E-state index is 5.76. The number of halogens is 1. The Balaban J connectivity index is 1.92. The smallest absolute Gasteiger partial charge is 0.107 e. The van der Waals surface area contributed by atoms with Gasteiger partial charge >= 0.3 is 0 Å². The number of nitrogens with zero attached hydrogens (tertiary/aromatic N) is 2. The van der Waals surface area contributed by atoms with Gasteiger partial charge in [0.25, 0.3) is 0 Å². The van der Waals surface area contributed by atoms with Crippen LogP contribution in [0.5, 0.6) is 0 Å². The molecule has 16 heavy (non-hydrogen) atoms. The molecule has 2 rings (SSSR count). The van der Waals surface area contributed by atoms with Crippen molar-refractivity contribution >= 4 is 22.9 Å². The summed E-state index contributed by atoms with van der Waals surface area (Å²) in [5.74, 6) is 1.47. The lowest BCUT2D eigenvalue weighted by atomic mass is 10.3. The van der Waals surface area contributed by atoms with E-state index in [4.69, 9.17) is 11.6 Å². The number of hydrogen-bond acceptors (Lipinski definition) is 3. The van der Waals surface area contributed by atoms with Gasteiger partial charge in [-0.15, -0.1) is 22.9 Å². The average molecular weight is 259 g/mol. The molecular formula is C12H19ClN2S. The van der Waals surface area contributed by atoms with Gasteiger partial charge in [0.05, 0.1) is 18.1 Å². The predicted octanol–water partition coefficient (Wildman–Crippen LogP) is 3.50. The molecule has 1 saturated carbocycles. The van der Waals surface area contributed by atoms with Gasteiger partial charge in [0.1, 0.15) is 5.01 Å². The molecular weight excluding hydrogens is 240 g/mol. The Morgan fingerprint density at radius 1 is 1.56 bits per heavy atom. The molecule has 0 aliphatic heterocycles. The molecule has 0 saturated heterocycles. The minimum absolute atomic E-state index is 0.529. The molecule has 0 bridgehead atoms. The van der Waals surface area contributed by atoms with Crippen LogP contribution in [-0.4, -0.2) is 22.5 Å². The zero-order valence-electron chi connectivity index (χ0n) is 9.95. The summed E-state index contributed by atoms with van der Waals surface area (Å²) in [5, 5.41) is 3.27. The Morgan fingerprint density at radius 3 is 2.81 bits per heavy atom. The highest BCUT2D eigenvalue weighted by molar-refractivity contribution is 7.09. The standard InChI is InChI=1S/C12H19ClN2S/c1-9(2)15(6-10-3-4-10)7-12-14-11(5-13)8-16-12/h8-10H,3-7H2,1-2H3. The molecule has 0 atom stereocenters. The molecule has 1 aliphatic rings. The topological polar surface area (TPSA) is 16.1 Å². The van der Waals surface area contributed by atoms with E-state index in [1.807, 2.05) is 0 Å². The first-order chi connectivity index (χ1) is 7.69. The van der Waals surface area contributed by atoms with Crippen LogP contribution in [0.25, 0.3) is 0 Å². The van der Waals surface area contributed by atoms with Crippen molar-refractivity contribution in [3.63, 3.8) is 0 Å². The highest BCUT2D eigenvalue weighted by Crippen LogP contribution is 2.31. The van der Waals surface area contributed by atoms with Crippen molar-refractivity contribution in [1.29, 1.82) is 0 Å². The third-order valence-corrected chi connectivity index (χ3v) is 4.15. The third kappa shape index (κ3) is 3.44. The van der Waals surface area contributed by atoms with E-state index in [-0.39, 0.29) is 0 Å². The Morgan fingerprint density at radius 2 is 2.31 bits per heavy atom. The fourth-order valence-electron chi connectivity index (χ4n) is 1.75. The number of hydrogen-bond donors (Lipinski definition) is 0. The Bertz CT molecular complexity index is 334. The van der Waals surface area contributed by atoms with Gasteiger partial charge in [-0.2, -0.15) is 0 Å². The summed E-state index contributed by atoms with van der Waals surface area (Å²) in [5.41, 5.74) is 1.01. The first-order valence-corrected chi connectivity index (χ1v) is 7.33. The second-order valence-corrected chi connectivity index (χ2v) is 6.04. The van der Waals surface area contributed by atoms with Gasteiger partial charge in [-0.25, -0.2) is 4.98 Å². The lowest BCUT2D eigenvalue weighted by Crippen LogP contribution is -2.32. The van der Waals surface area contributed by atoms with Gasteiger partial charge in [-0.3, -0.25) is 4.90 Å². The SMILES string of the molecule is CC(C)N(Cc1nc(CCl)cs1)CC1CC1. The minimum Gasteiger partial charge on any atom is -0.294 e. The molecule has 4 heteroatoms. The van der Waals surface area contributed by atoms with Gasteiger partial charge in [-0.05, 0) is 32.6 Å². The van der Waals surface area contributed by atoms with Crippen LogP contribution < -0.4 is 0 Å². The Labute approximate surface area is 107 Å². The van der Waals surface area contributed by atoms with E-state index in [1.54, 1.807) is 11.3 Å². The number of alkyl halides is 1. The first-order valence-electron chi connectivity index (χ1n) is 5.92. The van der Waals surface area contributed by atoms with Gasteiger partial charge in [0, 0.05) is 18.0 Å². The number of aromatic nitrogens is 1. The molecule has 0 amide bonds. The van der Waals surface area contributed by atoms with Crippen LogP contribution in [-0.2, 0) is 12.4 Å². The molecule has 0 spiro atoms. The molecule has 0 radical (unpaired) electrons. The monoisotopic (exact) mass is 258 g/mol. The summed E-state index contributed by atoms with van der Waals surface area (Å²) in [4.78, 5) is 7.05. The molecule has 1 aromatic rings. The van der Waals surface area contributed by atoms with Crippen LogP contribution in [0, 0.1) is 5.92 Å². The number of thiazole rings is 1. The minimum atomic E-state index is 0.529. The largest absolute Gasteiger partial charge is 0.294 e. The Hall–Kier alpha value is -0.120. The van der Waals surface area contributed by atoms with E-state index in [0.29, 0.717) is 11.9 Å². The van der Waals surface area contributed by atoms with E-state index in [0.717, 1.165) is 18.2 Å². The summed E-state index contributed by atoms with van der Waals surface area (Å²) >= 11 is 7.49. The fourth-order valence-corrected chi connectivity index (χ4v) is 2.79. The van der Waals surface area contributed by atoms with Crippen LogP contribution in [0.2, 0.25) is 0 Å². The van der Waals surface area contributed by atoms with Crippen LogP contribution >= 0.6 is 22.9 Å². The highest BCUT2D eigenvalue weighted by atomic mass is 35.5. The van der Waals surface area contributed by atoms with Crippen molar-refractivity contribution in [2.45, 2.75) is 45.2 Å². The highest BCUT2D eigenvalue weighted by Gasteiger charge is 2.25. The van der Waals surface area contributed by atoms with Crippen LogP contribution in [0.15, 0.2) is 5.38 Å². The van der Waals surface area contributed by atoms with Gasteiger partial charge < -0.3 is 0 Å². The first kappa shape index (κ1) is 12.3. The maximum Gasteiger partial charge on any atom is 0.107 e. The molecule has 1 aromatic heterocycles. The van der Waals surface area contributed by atoms with Crippen molar-refractivity contribution in [1.82, 2.24) is 9.88 Å². The van der Waals surface area contributed by atoms with Crippen molar-refractivity contribution in [2.75, 3.05) is 6.54 Å². The Kier molecular flexibility index (Phi) is 4.22. The number of rotatable bonds is 6. The predicted molar refractivity (Wildman–Crippen MR) is 69.9 cm³/mol. The summed E-state index contributed by atoms with van der Waals surface area (Å²) < 4.78 is 0. The molecule has 2 nitrogen and oxygen atoms in total. The average Bonchev–Trinajstić information content (AvgIpc) is 2.95. The van der Waals surface area contributed by atoms with E-state index in [1.165, 1.54) is 24.4 Å². The quantitative estimate of drug-likeness (QED) is 0.726. The molecule has 0 aromatic carbocycles. The molecule has 1 heterocycles. The van der Waals surface area contributed by atoms with Crippen LogP contribution in [0.1, 0.15) is 37.4 Å². The molecule has 1 aliphatic carbocycles. The maximum atomic E-state index is 5.76. The summed E-state index contributed by atoms with van der Waals surface area (Å²) in [6, 6.07) is 0.601. The normalized spacial score (nSPS) is 16.3. The van der Waals surface area contributed by atoms with E-state index >= 15 is 0 Å². The summed E-state index contributed by atoms with van der Waals surface area (Å²) in [7, 11) is 0. The van der Waals surface area contributed by atoms with E-state index < -0.39 is 0 Å². The second kappa shape index (κ2) is 5.48. The fraction of sp³-hybridized carbons (Fsp3) is 0.750. The zero-order valence-corrected chi connectivity index (χ0v) is 11.5. The van der Waals surface area contributed by atoms with Gasteiger partial charge in [0.15, 0.2) is 0 Å². The van der Waals surface area contributed by atoms with Gasteiger partial charge in [-0.1, -0.05) is 0 Å². The molecule has 0 unspecified atom stereocenters. The zero-order chi connectivity index (χ0) is 11.5. The summed E-state index contributed by atoms with van der Waals surface area (Å²) in [6.45, 7) is 6.74. The lowest BCUT2D eigenvalue weighted by molar-refractivity contribution is 0.203. The van der Waals surface area contributed by atoms with Crippen molar-refractivity contribution < 1.29 is 0 Å². The van der Waals surface area contributed by atoms with E-state index in [9.17, 15) is 0 Å². The molecule has 90 valence electrons. The van der Waals surface area contributed by atoms with Crippen molar-refractivity contribution in [3.8, 4) is 0 Å². The van der Waals surface area contributed by atoms with Crippen LogP contribution in [0.4, 0.5) is 0 Å². The van der Waals surface area contributed by atoms with Crippen molar-refractivity contribution in [2.24, 2.45) is 5.92 Å². The summed E-state index contributed by atoms with van der Waals surface area (Å²) in [6.07, 6.45) is 2.82. The lowest BCUT2D eigenvalue weighted by Gasteiger charge is -2.25. The molecule has 1 fully saturated rings. The van der Waals surface area contributed by atoms with E-state index in [2.05, 4.69) is 29.1 Å².